The molecule has 0 aliphatic carbocycles. The van der Waals surface area contributed by atoms with Crippen LogP contribution in [0.2, 0.25) is 0 Å². The average molecular weight is 267 g/mol. The zero-order chi connectivity index (χ0) is 14.6. The van der Waals surface area contributed by atoms with Gasteiger partial charge in [-0.05, 0) is 26.8 Å². The first-order valence-corrected chi connectivity index (χ1v) is 5.67. The Kier molecular flexibility index (Phi) is 4.31. The van der Waals surface area contributed by atoms with Crippen molar-refractivity contribution in [3.8, 4) is 0 Å². The summed E-state index contributed by atoms with van der Waals surface area (Å²) in [5.41, 5.74) is 1.96. The summed E-state index contributed by atoms with van der Waals surface area (Å²) in [6, 6.07) is 6.11. The van der Waals surface area contributed by atoms with Crippen LogP contribution in [0.3, 0.4) is 0 Å². The number of nitro groups is 1. The molecular weight excluding hydrogens is 250 g/mol. The molecule has 1 aromatic rings. The van der Waals surface area contributed by atoms with E-state index in [0.29, 0.717) is 0 Å². The number of carbonyl (C=O) groups excluding carboxylic acids is 1. The Bertz CT molecular complexity index is 482. The number of hydrazine groups is 1. The molecule has 7 heteroatoms. The molecule has 0 atom stereocenters. The third-order valence-electron chi connectivity index (χ3n) is 2.10. The number of anilines is 1. The van der Waals surface area contributed by atoms with E-state index in [1.807, 2.05) is 0 Å². The topological polar surface area (TPSA) is 84.7 Å². The van der Waals surface area contributed by atoms with Gasteiger partial charge in [0, 0.05) is 13.1 Å². The van der Waals surface area contributed by atoms with E-state index >= 15 is 0 Å². The molecule has 0 unspecified atom stereocenters. The number of rotatable bonds is 3. The fraction of sp³-hybridized carbons (Fsp3) is 0.417. The summed E-state index contributed by atoms with van der Waals surface area (Å²) in [6.07, 6.45) is -0.673. The van der Waals surface area contributed by atoms with Crippen LogP contribution in [0, 0.1) is 10.1 Å². The summed E-state index contributed by atoms with van der Waals surface area (Å²) in [5.74, 6) is 0. The van der Waals surface area contributed by atoms with Crippen LogP contribution in [0.4, 0.5) is 16.2 Å². The van der Waals surface area contributed by atoms with Crippen LogP contribution in [-0.4, -0.2) is 23.7 Å². The van der Waals surface area contributed by atoms with Crippen molar-refractivity contribution < 1.29 is 14.5 Å². The van der Waals surface area contributed by atoms with Gasteiger partial charge in [0.25, 0.3) is 5.69 Å². The van der Waals surface area contributed by atoms with Crippen molar-refractivity contribution in [2.24, 2.45) is 0 Å². The van der Waals surface area contributed by atoms with E-state index in [1.54, 1.807) is 32.9 Å². The molecule has 0 fully saturated rings. The van der Waals surface area contributed by atoms with Crippen LogP contribution < -0.4 is 10.4 Å². The highest BCUT2D eigenvalue weighted by atomic mass is 16.6. The fourth-order valence-electron chi connectivity index (χ4n) is 1.40. The molecule has 0 radical (unpaired) electrons. The molecule has 0 saturated carbocycles. The van der Waals surface area contributed by atoms with E-state index in [1.165, 1.54) is 24.2 Å². The minimum absolute atomic E-state index is 0.0962. The molecule has 1 amide bonds. The molecule has 0 aromatic heterocycles. The summed E-state index contributed by atoms with van der Waals surface area (Å²) in [7, 11) is 1.51. The summed E-state index contributed by atoms with van der Waals surface area (Å²) in [4.78, 5) is 21.9. The van der Waals surface area contributed by atoms with Crippen LogP contribution in [0.1, 0.15) is 20.8 Å². The highest BCUT2D eigenvalue weighted by Crippen LogP contribution is 2.25. The first-order chi connectivity index (χ1) is 8.70. The van der Waals surface area contributed by atoms with Gasteiger partial charge < -0.3 is 4.74 Å². The molecule has 1 aromatic carbocycles. The van der Waals surface area contributed by atoms with Gasteiger partial charge in [0.15, 0.2) is 0 Å². The molecule has 0 aliphatic heterocycles. The highest BCUT2D eigenvalue weighted by Gasteiger charge is 2.20. The Morgan fingerprint density at radius 2 is 1.95 bits per heavy atom. The molecule has 0 aliphatic rings. The second-order valence-electron chi connectivity index (χ2n) is 4.92. The largest absolute Gasteiger partial charge is 0.443 e. The molecule has 1 rings (SSSR count). The van der Waals surface area contributed by atoms with Gasteiger partial charge in [-0.3, -0.25) is 15.1 Å². The van der Waals surface area contributed by atoms with Crippen molar-refractivity contribution in [3.05, 3.63) is 34.4 Å². The van der Waals surface area contributed by atoms with Gasteiger partial charge in [-0.2, -0.15) is 0 Å². The number of nitrogens with zero attached hydrogens (tertiary/aromatic N) is 2. The molecule has 0 heterocycles. The van der Waals surface area contributed by atoms with Crippen molar-refractivity contribution in [1.82, 2.24) is 5.43 Å². The maximum atomic E-state index is 11.6. The van der Waals surface area contributed by atoms with Crippen molar-refractivity contribution >= 4 is 17.5 Å². The number of ether oxygens (including phenoxy) is 1. The quantitative estimate of drug-likeness (QED) is 0.671. The molecule has 7 nitrogen and oxygen atoms in total. The van der Waals surface area contributed by atoms with Gasteiger partial charge >= 0.3 is 6.09 Å². The third kappa shape index (κ3) is 4.46. The predicted molar refractivity (Wildman–Crippen MR) is 70.9 cm³/mol. The minimum atomic E-state index is -0.673. The lowest BCUT2D eigenvalue weighted by molar-refractivity contribution is -0.384. The molecule has 0 spiro atoms. The highest BCUT2D eigenvalue weighted by molar-refractivity contribution is 5.72. The summed E-state index contributed by atoms with van der Waals surface area (Å²) >= 11 is 0. The molecule has 19 heavy (non-hydrogen) atoms. The minimum Gasteiger partial charge on any atom is -0.443 e. The van der Waals surface area contributed by atoms with Crippen molar-refractivity contribution in [2.75, 3.05) is 12.1 Å². The number of para-hydroxylation sites is 2. The van der Waals surface area contributed by atoms with Gasteiger partial charge in [0.05, 0.1) is 4.92 Å². The van der Waals surface area contributed by atoms with Gasteiger partial charge in [-0.15, -0.1) is 0 Å². The lowest BCUT2D eigenvalue weighted by Gasteiger charge is -2.24. The lowest BCUT2D eigenvalue weighted by Crippen LogP contribution is -2.42. The maximum absolute atomic E-state index is 11.6. The second kappa shape index (κ2) is 5.55. The van der Waals surface area contributed by atoms with Gasteiger partial charge in [0.1, 0.15) is 11.3 Å². The molecule has 0 bridgehead atoms. The van der Waals surface area contributed by atoms with E-state index in [4.69, 9.17) is 4.74 Å². The SMILES string of the molecule is CN(NC(=O)OC(C)(C)C)c1ccccc1[N+](=O)[O-]. The zero-order valence-corrected chi connectivity index (χ0v) is 11.3. The first kappa shape index (κ1) is 14.7. The Morgan fingerprint density at radius 1 is 1.37 bits per heavy atom. The zero-order valence-electron chi connectivity index (χ0n) is 11.3. The van der Waals surface area contributed by atoms with E-state index in [-0.39, 0.29) is 11.4 Å². The van der Waals surface area contributed by atoms with Crippen LogP contribution in [-0.2, 0) is 4.74 Å². The number of amides is 1. The van der Waals surface area contributed by atoms with Crippen LogP contribution >= 0.6 is 0 Å². The van der Waals surface area contributed by atoms with Gasteiger partial charge in [0.2, 0.25) is 0 Å². The lowest BCUT2D eigenvalue weighted by atomic mass is 10.2. The fourth-order valence-corrected chi connectivity index (χ4v) is 1.40. The smallest absolute Gasteiger partial charge is 0.426 e. The van der Waals surface area contributed by atoms with Gasteiger partial charge in [-0.1, -0.05) is 12.1 Å². The van der Waals surface area contributed by atoms with E-state index in [9.17, 15) is 14.9 Å². The number of hydrogen-bond acceptors (Lipinski definition) is 5. The molecule has 1 N–H and O–H groups in total. The Labute approximate surface area is 111 Å². The summed E-state index contributed by atoms with van der Waals surface area (Å²) in [5, 5.41) is 12.1. The number of carbonyl (C=O) groups is 1. The number of nitro benzene ring substituents is 1. The van der Waals surface area contributed by atoms with Crippen LogP contribution in [0.5, 0.6) is 0 Å². The van der Waals surface area contributed by atoms with Crippen molar-refractivity contribution in [2.45, 2.75) is 26.4 Å². The standard InChI is InChI=1S/C12H17N3O4/c1-12(2,3)19-11(16)13-14(4)9-7-5-6-8-10(9)15(17)18/h5-8H,1-4H3,(H,13,16). The maximum Gasteiger partial charge on any atom is 0.426 e. The first-order valence-electron chi connectivity index (χ1n) is 5.67. The molecule has 104 valence electrons. The third-order valence-corrected chi connectivity index (χ3v) is 2.10. The Hall–Kier alpha value is -2.31. The normalized spacial score (nSPS) is 10.7. The van der Waals surface area contributed by atoms with Gasteiger partial charge in [-0.25, -0.2) is 10.2 Å². The summed E-state index contributed by atoms with van der Waals surface area (Å²) < 4.78 is 5.07. The monoisotopic (exact) mass is 267 g/mol. The Balaban J connectivity index is 2.82. The molecule has 0 saturated heterocycles. The van der Waals surface area contributed by atoms with Crippen LogP contribution in [0.25, 0.3) is 0 Å². The van der Waals surface area contributed by atoms with E-state index in [2.05, 4.69) is 5.43 Å². The average Bonchev–Trinajstić information content (AvgIpc) is 2.26. The number of nitrogens with one attached hydrogen (secondary N) is 1. The van der Waals surface area contributed by atoms with E-state index < -0.39 is 16.6 Å². The predicted octanol–water partition coefficient (Wildman–Crippen LogP) is 2.47. The summed E-state index contributed by atoms with van der Waals surface area (Å²) in [6.45, 7) is 5.20. The van der Waals surface area contributed by atoms with Crippen LogP contribution in [0.15, 0.2) is 24.3 Å². The number of hydrogen-bond donors (Lipinski definition) is 1. The molecular formula is C12H17N3O4. The second-order valence-corrected chi connectivity index (χ2v) is 4.92. The van der Waals surface area contributed by atoms with Crippen molar-refractivity contribution in [1.29, 1.82) is 0 Å². The van der Waals surface area contributed by atoms with Crippen molar-refractivity contribution in [3.63, 3.8) is 0 Å². The number of benzene rings is 1. The Morgan fingerprint density at radius 3 is 2.47 bits per heavy atom. The van der Waals surface area contributed by atoms with E-state index in [0.717, 1.165) is 0 Å².